The molecule has 2 rings (SSSR count). The maximum atomic E-state index is 5.62. The maximum absolute atomic E-state index is 5.62. The first kappa shape index (κ1) is 11.0. The Bertz CT molecular complexity index is 502. The van der Waals surface area contributed by atoms with Gasteiger partial charge < -0.3 is 5.73 Å². The maximum Gasteiger partial charge on any atom is 0.164 e. The van der Waals surface area contributed by atoms with Crippen molar-refractivity contribution < 1.29 is 0 Å². The van der Waals surface area contributed by atoms with Crippen molar-refractivity contribution >= 4 is 5.65 Å². The number of fused-ring (bicyclic) bond motifs is 1. The Morgan fingerprint density at radius 2 is 2.12 bits per heavy atom. The van der Waals surface area contributed by atoms with Crippen LogP contribution in [0.5, 0.6) is 0 Å². The van der Waals surface area contributed by atoms with Crippen molar-refractivity contribution in [3.8, 4) is 0 Å². The SMILES string of the molecule is Cc1cc2nnc(CC(C)CN)n2c(C)n1. The number of rotatable bonds is 3. The van der Waals surface area contributed by atoms with E-state index in [1.807, 2.05) is 24.3 Å². The zero-order valence-electron chi connectivity index (χ0n) is 9.94. The molecule has 0 saturated carbocycles. The van der Waals surface area contributed by atoms with Crippen LogP contribution in [0.2, 0.25) is 0 Å². The molecule has 2 heterocycles. The third-order valence-corrected chi connectivity index (χ3v) is 2.69. The molecule has 5 heteroatoms. The molecule has 1 unspecified atom stereocenters. The zero-order chi connectivity index (χ0) is 11.7. The van der Waals surface area contributed by atoms with Crippen molar-refractivity contribution in [1.82, 2.24) is 19.6 Å². The molecule has 0 fully saturated rings. The summed E-state index contributed by atoms with van der Waals surface area (Å²) in [5, 5.41) is 8.36. The molecular weight excluding hydrogens is 202 g/mol. The molecule has 0 bridgehead atoms. The van der Waals surface area contributed by atoms with Crippen molar-refractivity contribution in [1.29, 1.82) is 0 Å². The molecule has 0 aliphatic carbocycles. The second-order valence-electron chi connectivity index (χ2n) is 4.30. The Morgan fingerprint density at radius 1 is 1.38 bits per heavy atom. The van der Waals surface area contributed by atoms with Crippen LogP contribution >= 0.6 is 0 Å². The fourth-order valence-electron chi connectivity index (χ4n) is 1.83. The number of aromatic nitrogens is 4. The van der Waals surface area contributed by atoms with E-state index in [0.29, 0.717) is 12.5 Å². The van der Waals surface area contributed by atoms with Crippen LogP contribution in [-0.2, 0) is 6.42 Å². The number of hydrogen-bond donors (Lipinski definition) is 1. The smallest absolute Gasteiger partial charge is 0.164 e. The molecule has 0 spiro atoms. The number of aryl methyl sites for hydroxylation is 2. The van der Waals surface area contributed by atoms with E-state index in [1.165, 1.54) is 0 Å². The van der Waals surface area contributed by atoms with Gasteiger partial charge in [-0.3, -0.25) is 4.40 Å². The van der Waals surface area contributed by atoms with Gasteiger partial charge >= 0.3 is 0 Å². The van der Waals surface area contributed by atoms with Crippen LogP contribution in [0.3, 0.4) is 0 Å². The molecule has 0 saturated heterocycles. The van der Waals surface area contributed by atoms with E-state index in [-0.39, 0.29) is 0 Å². The Morgan fingerprint density at radius 3 is 2.81 bits per heavy atom. The summed E-state index contributed by atoms with van der Waals surface area (Å²) in [5.74, 6) is 2.28. The predicted molar refractivity (Wildman–Crippen MR) is 62.2 cm³/mol. The average Bonchev–Trinajstić information content (AvgIpc) is 2.61. The lowest BCUT2D eigenvalue weighted by Crippen LogP contribution is -2.15. The van der Waals surface area contributed by atoms with Crippen LogP contribution in [0.25, 0.3) is 5.65 Å². The highest BCUT2D eigenvalue weighted by Crippen LogP contribution is 2.11. The highest BCUT2D eigenvalue weighted by atomic mass is 15.3. The Hall–Kier alpha value is -1.49. The minimum Gasteiger partial charge on any atom is -0.330 e. The van der Waals surface area contributed by atoms with Gasteiger partial charge in [0.2, 0.25) is 0 Å². The lowest BCUT2D eigenvalue weighted by Gasteiger charge is -2.07. The van der Waals surface area contributed by atoms with Crippen LogP contribution in [0, 0.1) is 19.8 Å². The van der Waals surface area contributed by atoms with Crippen LogP contribution in [0.4, 0.5) is 0 Å². The highest BCUT2D eigenvalue weighted by molar-refractivity contribution is 5.39. The van der Waals surface area contributed by atoms with Crippen LogP contribution in [0.1, 0.15) is 24.3 Å². The number of nitrogens with two attached hydrogens (primary N) is 1. The first-order valence-electron chi connectivity index (χ1n) is 5.50. The molecule has 0 amide bonds. The summed E-state index contributed by atoms with van der Waals surface area (Å²) in [6.07, 6.45) is 0.837. The molecule has 2 aromatic rings. The summed E-state index contributed by atoms with van der Waals surface area (Å²) in [4.78, 5) is 4.42. The van der Waals surface area contributed by atoms with E-state index in [4.69, 9.17) is 5.73 Å². The quantitative estimate of drug-likeness (QED) is 0.832. The first-order chi connectivity index (χ1) is 7.61. The third-order valence-electron chi connectivity index (χ3n) is 2.69. The van der Waals surface area contributed by atoms with E-state index < -0.39 is 0 Å². The van der Waals surface area contributed by atoms with Crippen molar-refractivity contribution in [3.63, 3.8) is 0 Å². The van der Waals surface area contributed by atoms with Gasteiger partial charge in [0.05, 0.1) is 0 Å². The lowest BCUT2D eigenvalue weighted by molar-refractivity contribution is 0.568. The third kappa shape index (κ3) is 1.90. The molecule has 0 aromatic carbocycles. The van der Waals surface area contributed by atoms with Gasteiger partial charge in [0.15, 0.2) is 5.65 Å². The van der Waals surface area contributed by atoms with E-state index >= 15 is 0 Å². The van der Waals surface area contributed by atoms with Gasteiger partial charge in [0.1, 0.15) is 11.6 Å². The summed E-state index contributed by atoms with van der Waals surface area (Å²) in [7, 11) is 0. The van der Waals surface area contributed by atoms with E-state index in [1.54, 1.807) is 0 Å². The fourth-order valence-corrected chi connectivity index (χ4v) is 1.83. The summed E-state index contributed by atoms with van der Waals surface area (Å²) < 4.78 is 2.00. The van der Waals surface area contributed by atoms with E-state index in [9.17, 15) is 0 Å². The largest absolute Gasteiger partial charge is 0.330 e. The molecule has 16 heavy (non-hydrogen) atoms. The lowest BCUT2D eigenvalue weighted by atomic mass is 10.1. The molecule has 1 atom stereocenters. The summed E-state index contributed by atoms with van der Waals surface area (Å²) in [6, 6.07) is 1.94. The molecule has 0 radical (unpaired) electrons. The highest BCUT2D eigenvalue weighted by Gasteiger charge is 2.11. The molecule has 86 valence electrons. The first-order valence-corrected chi connectivity index (χ1v) is 5.50. The van der Waals surface area contributed by atoms with Gasteiger partial charge in [-0.2, -0.15) is 0 Å². The second-order valence-corrected chi connectivity index (χ2v) is 4.30. The Kier molecular flexibility index (Phi) is 2.87. The molecule has 0 aliphatic heterocycles. The average molecular weight is 219 g/mol. The van der Waals surface area contributed by atoms with E-state index in [0.717, 1.165) is 29.4 Å². The van der Waals surface area contributed by atoms with Gasteiger partial charge in [0.25, 0.3) is 0 Å². The van der Waals surface area contributed by atoms with Crippen molar-refractivity contribution in [2.24, 2.45) is 11.7 Å². The van der Waals surface area contributed by atoms with Crippen LogP contribution < -0.4 is 5.73 Å². The predicted octanol–water partition coefficient (Wildman–Crippen LogP) is 0.878. The standard InChI is InChI=1S/C11H17N5/c1-7(6-12)4-10-14-15-11-5-8(2)13-9(3)16(10)11/h5,7H,4,6,12H2,1-3H3. The summed E-state index contributed by atoms with van der Waals surface area (Å²) in [6.45, 7) is 6.70. The summed E-state index contributed by atoms with van der Waals surface area (Å²) >= 11 is 0. The van der Waals surface area contributed by atoms with Crippen LogP contribution in [-0.4, -0.2) is 26.1 Å². The minimum atomic E-state index is 0.410. The van der Waals surface area contributed by atoms with Gasteiger partial charge in [0, 0.05) is 18.2 Å². The van der Waals surface area contributed by atoms with Gasteiger partial charge in [-0.1, -0.05) is 6.92 Å². The number of nitrogens with zero attached hydrogens (tertiary/aromatic N) is 4. The van der Waals surface area contributed by atoms with Crippen molar-refractivity contribution in [2.45, 2.75) is 27.2 Å². The monoisotopic (exact) mass is 219 g/mol. The molecule has 0 aliphatic rings. The number of hydrogen-bond acceptors (Lipinski definition) is 4. The minimum absolute atomic E-state index is 0.410. The molecule has 5 nitrogen and oxygen atoms in total. The fraction of sp³-hybridized carbons (Fsp3) is 0.545. The van der Waals surface area contributed by atoms with Crippen molar-refractivity contribution in [3.05, 3.63) is 23.4 Å². The topological polar surface area (TPSA) is 69.1 Å². The Balaban J connectivity index is 2.48. The van der Waals surface area contributed by atoms with E-state index in [2.05, 4.69) is 22.1 Å². The molecule has 2 N–H and O–H groups in total. The van der Waals surface area contributed by atoms with Gasteiger partial charge in [-0.15, -0.1) is 10.2 Å². The second kappa shape index (κ2) is 4.17. The molecular formula is C11H17N5. The van der Waals surface area contributed by atoms with Crippen molar-refractivity contribution in [2.75, 3.05) is 6.54 Å². The molecule has 2 aromatic heterocycles. The van der Waals surface area contributed by atoms with Gasteiger partial charge in [-0.05, 0) is 26.3 Å². The zero-order valence-corrected chi connectivity index (χ0v) is 9.94. The van der Waals surface area contributed by atoms with Crippen LogP contribution in [0.15, 0.2) is 6.07 Å². The normalized spacial score (nSPS) is 13.2. The summed E-state index contributed by atoms with van der Waals surface area (Å²) in [5.41, 5.74) is 7.46. The Labute approximate surface area is 94.7 Å². The van der Waals surface area contributed by atoms with Gasteiger partial charge in [-0.25, -0.2) is 4.98 Å².